The monoisotopic (exact) mass is 456 g/mol. The summed E-state index contributed by atoms with van der Waals surface area (Å²) in [6.07, 6.45) is 4.23. The standard InChI is InChI=1S/C22H27ClF2N2O4/c1-12(2)19(28)11-30-16-5-3-15(4-6-16)27-21(29)14-7-13-8-17(23)20(31-22(24)25)9-18(13)26-10-14/h7-10,12,15-16,19,22,28H,3-6,11H2,1-2H3,(H,27,29)/t15-,16-,19?. The van der Waals surface area contributed by atoms with Crippen molar-refractivity contribution < 1.29 is 28.2 Å². The topological polar surface area (TPSA) is 80.7 Å². The maximum atomic E-state index is 12.7. The lowest BCUT2D eigenvalue weighted by Crippen LogP contribution is -2.39. The van der Waals surface area contributed by atoms with Crippen molar-refractivity contribution in [1.29, 1.82) is 0 Å². The third-order valence-electron chi connectivity index (χ3n) is 5.49. The Hall–Kier alpha value is -2.03. The van der Waals surface area contributed by atoms with Crippen LogP contribution in [0.3, 0.4) is 0 Å². The quantitative estimate of drug-likeness (QED) is 0.608. The maximum Gasteiger partial charge on any atom is 0.387 e. The zero-order valence-corrected chi connectivity index (χ0v) is 18.2. The van der Waals surface area contributed by atoms with Gasteiger partial charge in [-0.1, -0.05) is 25.4 Å². The second-order valence-electron chi connectivity index (χ2n) is 8.17. The lowest BCUT2D eigenvalue weighted by molar-refractivity contribution is -0.0497. The molecule has 170 valence electrons. The number of alkyl halides is 2. The number of fused-ring (bicyclic) bond motifs is 1. The lowest BCUT2D eigenvalue weighted by Gasteiger charge is -2.30. The van der Waals surface area contributed by atoms with Crippen LogP contribution in [-0.2, 0) is 4.74 Å². The Balaban J connectivity index is 1.56. The van der Waals surface area contributed by atoms with E-state index in [1.807, 2.05) is 13.8 Å². The summed E-state index contributed by atoms with van der Waals surface area (Å²) in [6.45, 7) is 1.24. The fraction of sp³-hybridized carbons (Fsp3) is 0.545. The van der Waals surface area contributed by atoms with Crippen molar-refractivity contribution >= 4 is 28.4 Å². The van der Waals surface area contributed by atoms with Crippen molar-refractivity contribution in [1.82, 2.24) is 10.3 Å². The molecule has 31 heavy (non-hydrogen) atoms. The molecular weight excluding hydrogens is 430 g/mol. The molecule has 0 radical (unpaired) electrons. The van der Waals surface area contributed by atoms with E-state index in [4.69, 9.17) is 16.3 Å². The summed E-state index contributed by atoms with van der Waals surface area (Å²) in [4.78, 5) is 16.8. The van der Waals surface area contributed by atoms with E-state index < -0.39 is 12.7 Å². The Morgan fingerprint density at radius 1 is 1.26 bits per heavy atom. The fourth-order valence-electron chi connectivity index (χ4n) is 3.51. The van der Waals surface area contributed by atoms with Crippen LogP contribution in [0.25, 0.3) is 10.9 Å². The minimum absolute atomic E-state index is 0.0214. The van der Waals surface area contributed by atoms with E-state index >= 15 is 0 Å². The molecule has 1 aromatic carbocycles. The van der Waals surface area contributed by atoms with Crippen LogP contribution in [0.1, 0.15) is 49.9 Å². The minimum Gasteiger partial charge on any atom is -0.433 e. The van der Waals surface area contributed by atoms with Gasteiger partial charge in [-0.25, -0.2) is 0 Å². The first-order chi connectivity index (χ1) is 14.7. The van der Waals surface area contributed by atoms with Crippen LogP contribution in [0.2, 0.25) is 5.02 Å². The largest absolute Gasteiger partial charge is 0.433 e. The molecule has 1 saturated carbocycles. The van der Waals surface area contributed by atoms with Crippen molar-refractivity contribution in [2.24, 2.45) is 5.92 Å². The number of carbonyl (C=O) groups excluding carboxylic acids is 1. The number of halogens is 3. The summed E-state index contributed by atoms with van der Waals surface area (Å²) in [6, 6.07) is 4.43. The van der Waals surface area contributed by atoms with Crippen LogP contribution < -0.4 is 10.1 Å². The van der Waals surface area contributed by atoms with Gasteiger partial charge in [0.1, 0.15) is 5.75 Å². The molecule has 2 aromatic rings. The van der Waals surface area contributed by atoms with Gasteiger partial charge in [-0.05, 0) is 43.7 Å². The Labute approximate surface area is 184 Å². The number of aliphatic hydroxyl groups is 1. The number of aromatic nitrogens is 1. The number of pyridine rings is 1. The molecule has 1 fully saturated rings. The summed E-state index contributed by atoms with van der Waals surface area (Å²) in [5, 5.41) is 13.5. The number of aliphatic hydroxyl groups excluding tert-OH is 1. The molecule has 1 atom stereocenters. The van der Waals surface area contributed by atoms with Gasteiger partial charge < -0.3 is 19.9 Å². The molecule has 0 bridgehead atoms. The highest BCUT2D eigenvalue weighted by Crippen LogP contribution is 2.31. The van der Waals surface area contributed by atoms with E-state index in [-0.39, 0.29) is 34.7 Å². The highest BCUT2D eigenvalue weighted by Gasteiger charge is 2.24. The van der Waals surface area contributed by atoms with Crippen LogP contribution in [0.4, 0.5) is 8.78 Å². The van der Waals surface area contributed by atoms with Gasteiger partial charge in [-0.2, -0.15) is 8.78 Å². The van der Waals surface area contributed by atoms with E-state index in [2.05, 4.69) is 15.0 Å². The molecule has 1 amide bonds. The Kier molecular flexibility index (Phi) is 8.02. The van der Waals surface area contributed by atoms with Gasteiger partial charge in [0.15, 0.2) is 0 Å². The molecule has 1 aliphatic carbocycles. The number of hydrogen-bond donors (Lipinski definition) is 2. The van der Waals surface area contributed by atoms with E-state index in [9.17, 15) is 18.7 Å². The van der Waals surface area contributed by atoms with Crippen LogP contribution in [0, 0.1) is 5.92 Å². The van der Waals surface area contributed by atoms with Crippen molar-refractivity contribution in [2.45, 2.75) is 64.4 Å². The van der Waals surface area contributed by atoms with Gasteiger partial charge in [-0.15, -0.1) is 0 Å². The number of rotatable bonds is 8. The van der Waals surface area contributed by atoms with Crippen molar-refractivity contribution in [2.75, 3.05) is 6.61 Å². The third-order valence-corrected chi connectivity index (χ3v) is 5.79. The number of hydrogen-bond acceptors (Lipinski definition) is 5. The number of ether oxygens (including phenoxy) is 2. The molecule has 3 rings (SSSR count). The van der Waals surface area contributed by atoms with Crippen molar-refractivity contribution in [3.63, 3.8) is 0 Å². The summed E-state index contributed by atoms with van der Waals surface area (Å²) in [5.74, 6) is -0.253. The zero-order valence-electron chi connectivity index (χ0n) is 17.5. The van der Waals surface area contributed by atoms with Crippen LogP contribution in [-0.4, -0.2) is 47.5 Å². The molecule has 1 aliphatic rings. The van der Waals surface area contributed by atoms with Gasteiger partial charge in [0.25, 0.3) is 5.91 Å². The average Bonchev–Trinajstić information content (AvgIpc) is 2.72. The molecule has 6 nitrogen and oxygen atoms in total. The smallest absolute Gasteiger partial charge is 0.387 e. The van der Waals surface area contributed by atoms with Gasteiger partial charge in [-0.3, -0.25) is 9.78 Å². The molecule has 2 N–H and O–H groups in total. The molecule has 0 spiro atoms. The van der Waals surface area contributed by atoms with Crippen molar-refractivity contribution in [3.8, 4) is 5.75 Å². The normalized spacial score (nSPS) is 20.3. The van der Waals surface area contributed by atoms with Crippen molar-refractivity contribution in [3.05, 3.63) is 35.0 Å². The predicted octanol–water partition coefficient (Wildman–Crippen LogP) is 4.56. The minimum atomic E-state index is -2.99. The summed E-state index contributed by atoms with van der Waals surface area (Å²) in [5.41, 5.74) is 0.766. The van der Waals surface area contributed by atoms with E-state index in [0.29, 0.717) is 23.1 Å². The molecular formula is C22H27ClF2N2O4. The van der Waals surface area contributed by atoms with Crippen LogP contribution in [0.15, 0.2) is 24.4 Å². The van der Waals surface area contributed by atoms with Gasteiger partial charge >= 0.3 is 6.61 Å². The average molecular weight is 457 g/mol. The second-order valence-corrected chi connectivity index (χ2v) is 8.58. The van der Waals surface area contributed by atoms with Crippen LogP contribution in [0.5, 0.6) is 5.75 Å². The van der Waals surface area contributed by atoms with Gasteiger partial charge in [0.2, 0.25) is 0 Å². The zero-order chi connectivity index (χ0) is 22.5. The SMILES string of the molecule is CC(C)C(O)CO[C@H]1CC[C@H](NC(=O)c2cnc3cc(OC(F)F)c(Cl)cc3c2)CC1. The van der Waals surface area contributed by atoms with E-state index in [1.165, 1.54) is 18.3 Å². The first kappa shape index (κ1) is 23.6. The summed E-state index contributed by atoms with van der Waals surface area (Å²) in [7, 11) is 0. The molecule has 9 heteroatoms. The second kappa shape index (κ2) is 10.5. The van der Waals surface area contributed by atoms with Crippen LogP contribution >= 0.6 is 11.6 Å². The number of nitrogens with one attached hydrogen (secondary N) is 1. The highest BCUT2D eigenvalue weighted by molar-refractivity contribution is 6.32. The number of amides is 1. The molecule has 0 aliphatic heterocycles. The van der Waals surface area contributed by atoms with E-state index in [1.54, 1.807) is 6.07 Å². The lowest BCUT2D eigenvalue weighted by atomic mass is 9.92. The Morgan fingerprint density at radius 3 is 2.61 bits per heavy atom. The molecule has 1 aromatic heterocycles. The Bertz CT molecular complexity index is 904. The Morgan fingerprint density at radius 2 is 1.97 bits per heavy atom. The third kappa shape index (κ3) is 6.48. The number of benzene rings is 1. The molecule has 0 saturated heterocycles. The fourth-order valence-corrected chi connectivity index (χ4v) is 3.73. The summed E-state index contributed by atoms with van der Waals surface area (Å²) >= 11 is 6.00. The van der Waals surface area contributed by atoms with Gasteiger partial charge in [0, 0.05) is 23.7 Å². The number of carbonyl (C=O) groups is 1. The highest BCUT2D eigenvalue weighted by atomic mass is 35.5. The first-order valence-corrected chi connectivity index (χ1v) is 10.8. The molecule has 1 heterocycles. The van der Waals surface area contributed by atoms with Gasteiger partial charge in [0.05, 0.1) is 34.9 Å². The maximum absolute atomic E-state index is 12.7. The van der Waals surface area contributed by atoms with E-state index in [0.717, 1.165) is 25.7 Å². The first-order valence-electron chi connectivity index (χ1n) is 10.4. The molecule has 1 unspecified atom stereocenters. The number of nitrogens with zero attached hydrogens (tertiary/aromatic N) is 1. The summed E-state index contributed by atoms with van der Waals surface area (Å²) < 4.78 is 35.1. The predicted molar refractivity (Wildman–Crippen MR) is 114 cm³/mol.